The molecule has 0 saturated heterocycles. The van der Waals surface area contributed by atoms with E-state index in [0.29, 0.717) is 18.8 Å². The third-order valence-corrected chi connectivity index (χ3v) is 4.61. The van der Waals surface area contributed by atoms with Crippen molar-refractivity contribution in [3.8, 4) is 5.75 Å². The molecular formula is C24H33NO3. The van der Waals surface area contributed by atoms with Crippen LogP contribution < -0.4 is 10.1 Å². The first-order chi connectivity index (χ1) is 13.6. The lowest BCUT2D eigenvalue weighted by Gasteiger charge is -2.16. The van der Waals surface area contributed by atoms with Gasteiger partial charge in [-0.2, -0.15) is 0 Å². The molecule has 0 aromatic heterocycles. The number of nitrogens with one attached hydrogen (secondary N) is 1. The number of aryl methyl sites for hydroxylation is 1. The van der Waals surface area contributed by atoms with E-state index in [9.17, 15) is 4.79 Å². The lowest BCUT2D eigenvalue weighted by molar-refractivity contribution is 0.0937. The van der Waals surface area contributed by atoms with Gasteiger partial charge in [0.15, 0.2) is 0 Å². The number of benzene rings is 2. The predicted molar refractivity (Wildman–Crippen MR) is 114 cm³/mol. The normalized spacial score (nSPS) is 11.8. The summed E-state index contributed by atoms with van der Waals surface area (Å²) in [5.41, 5.74) is 2.85. The van der Waals surface area contributed by atoms with Gasteiger partial charge >= 0.3 is 0 Å². The molecule has 4 nitrogen and oxygen atoms in total. The van der Waals surface area contributed by atoms with Crippen LogP contribution in [0.4, 0.5) is 0 Å². The summed E-state index contributed by atoms with van der Waals surface area (Å²) >= 11 is 0. The molecule has 0 fully saturated rings. The summed E-state index contributed by atoms with van der Waals surface area (Å²) in [5.74, 6) is 0.728. The Morgan fingerprint density at radius 3 is 2.61 bits per heavy atom. The van der Waals surface area contributed by atoms with Gasteiger partial charge in [-0.25, -0.2) is 0 Å². The molecule has 2 aromatic carbocycles. The Balaban J connectivity index is 1.94. The molecule has 152 valence electrons. The van der Waals surface area contributed by atoms with Gasteiger partial charge in [-0.05, 0) is 56.9 Å². The SMILES string of the molecule is CCCCOCc1cc(C(=O)N[C@H](C)CCc2ccccc2)ccc1OCC. The van der Waals surface area contributed by atoms with Crippen molar-refractivity contribution in [2.45, 2.75) is 59.1 Å². The Labute approximate surface area is 169 Å². The first-order valence-corrected chi connectivity index (χ1v) is 10.3. The molecule has 0 radical (unpaired) electrons. The fourth-order valence-corrected chi connectivity index (χ4v) is 2.97. The third-order valence-electron chi connectivity index (χ3n) is 4.61. The zero-order valence-corrected chi connectivity index (χ0v) is 17.4. The zero-order chi connectivity index (χ0) is 20.2. The van der Waals surface area contributed by atoms with Crippen LogP contribution in [0.2, 0.25) is 0 Å². The Morgan fingerprint density at radius 2 is 1.89 bits per heavy atom. The molecule has 2 aromatic rings. The van der Waals surface area contributed by atoms with Gasteiger partial charge in [-0.3, -0.25) is 4.79 Å². The second-order valence-electron chi connectivity index (χ2n) is 7.06. The van der Waals surface area contributed by atoms with E-state index in [4.69, 9.17) is 9.47 Å². The molecule has 0 aliphatic rings. The largest absolute Gasteiger partial charge is 0.494 e. The minimum Gasteiger partial charge on any atom is -0.494 e. The molecule has 0 spiro atoms. The van der Waals surface area contributed by atoms with Crippen LogP contribution in [0, 0.1) is 0 Å². The van der Waals surface area contributed by atoms with Crippen LogP contribution in [0.15, 0.2) is 48.5 Å². The molecule has 0 saturated carbocycles. The smallest absolute Gasteiger partial charge is 0.251 e. The number of carbonyl (C=O) groups excluding carboxylic acids is 1. The summed E-state index contributed by atoms with van der Waals surface area (Å²) in [6.07, 6.45) is 3.98. The third kappa shape index (κ3) is 7.35. The van der Waals surface area contributed by atoms with E-state index in [-0.39, 0.29) is 11.9 Å². The summed E-state index contributed by atoms with van der Waals surface area (Å²) < 4.78 is 11.4. The molecule has 1 atom stereocenters. The van der Waals surface area contributed by atoms with Gasteiger partial charge in [0.05, 0.1) is 13.2 Å². The van der Waals surface area contributed by atoms with Crippen molar-refractivity contribution in [3.63, 3.8) is 0 Å². The number of unbranched alkanes of at least 4 members (excludes halogenated alkanes) is 1. The molecule has 0 aliphatic heterocycles. The molecule has 0 unspecified atom stereocenters. The molecule has 0 bridgehead atoms. The van der Waals surface area contributed by atoms with Crippen molar-refractivity contribution in [2.75, 3.05) is 13.2 Å². The second kappa shape index (κ2) is 12.2. The number of hydrogen-bond acceptors (Lipinski definition) is 3. The maximum Gasteiger partial charge on any atom is 0.251 e. The first kappa shape index (κ1) is 22.0. The number of ether oxygens (including phenoxy) is 2. The fraction of sp³-hybridized carbons (Fsp3) is 0.458. The molecule has 1 N–H and O–H groups in total. The molecule has 0 heterocycles. The minimum atomic E-state index is -0.0570. The van der Waals surface area contributed by atoms with Crippen molar-refractivity contribution in [2.24, 2.45) is 0 Å². The van der Waals surface area contributed by atoms with E-state index in [0.717, 1.165) is 43.6 Å². The van der Waals surface area contributed by atoms with Gasteiger partial charge in [0.25, 0.3) is 5.91 Å². The Morgan fingerprint density at radius 1 is 1.11 bits per heavy atom. The van der Waals surface area contributed by atoms with Crippen molar-refractivity contribution < 1.29 is 14.3 Å². The van der Waals surface area contributed by atoms with Crippen LogP contribution in [-0.4, -0.2) is 25.2 Å². The van der Waals surface area contributed by atoms with Crippen LogP contribution in [0.5, 0.6) is 5.75 Å². The maximum atomic E-state index is 12.7. The summed E-state index contributed by atoms with van der Waals surface area (Å²) in [5, 5.41) is 3.10. The molecular weight excluding hydrogens is 350 g/mol. The molecule has 4 heteroatoms. The number of hydrogen-bond donors (Lipinski definition) is 1. The molecule has 28 heavy (non-hydrogen) atoms. The summed E-state index contributed by atoms with van der Waals surface area (Å²) in [4.78, 5) is 12.7. The van der Waals surface area contributed by atoms with E-state index in [1.807, 2.05) is 50.2 Å². The average molecular weight is 384 g/mol. The highest BCUT2D eigenvalue weighted by atomic mass is 16.5. The average Bonchev–Trinajstić information content (AvgIpc) is 2.71. The molecule has 2 rings (SSSR count). The number of amides is 1. The van der Waals surface area contributed by atoms with E-state index in [1.54, 1.807) is 0 Å². The van der Waals surface area contributed by atoms with Crippen molar-refractivity contribution in [3.05, 3.63) is 65.2 Å². The van der Waals surface area contributed by atoms with E-state index in [2.05, 4.69) is 24.4 Å². The van der Waals surface area contributed by atoms with E-state index in [1.165, 1.54) is 5.56 Å². The lowest BCUT2D eigenvalue weighted by Crippen LogP contribution is -2.33. The van der Waals surface area contributed by atoms with Gasteiger partial charge in [-0.1, -0.05) is 43.7 Å². The minimum absolute atomic E-state index is 0.0570. The van der Waals surface area contributed by atoms with Crippen LogP contribution in [-0.2, 0) is 17.8 Å². The van der Waals surface area contributed by atoms with Gasteiger partial charge in [-0.15, -0.1) is 0 Å². The maximum absolute atomic E-state index is 12.7. The van der Waals surface area contributed by atoms with Crippen molar-refractivity contribution in [1.82, 2.24) is 5.32 Å². The molecule has 0 aliphatic carbocycles. The Hall–Kier alpha value is -2.33. The highest BCUT2D eigenvalue weighted by molar-refractivity contribution is 5.94. The quantitative estimate of drug-likeness (QED) is 0.516. The number of rotatable bonds is 12. The zero-order valence-electron chi connectivity index (χ0n) is 17.4. The Bertz CT molecular complexity index is 715. The van der Waals surface area contributed by atoms with Gasteiger partial charge in [0.2, 0.25) is 0 Å². The fourth-order valence-electron chi connectivity index (χ4n) is 2.97. The highest BCUT2D eigenvalue weighted by Crippen LogP contribution is 2.22. The predicted octanol–water partition coefficient (Wildman–Crippen LogP) is 5.15. The highest BCUT2D eigenvalue weighted by Gasteiger charge is 2.13. The molecule has 1 amide bonds. The summed E-state index contributed by atoms with van der Waals surface area (Å²) in [7, 11) is 0. The van der Waals surface area contributed by atoms with Gasteiger partial charge in [0.1, 0.15) is 5.75 Å². The first-order valence-electron chi connectivity index (χ1n) is 10.3. The van der Waals surface area contributed by atoms with E-state index >= 15 is 0 Å². The van der Waals surface area contributed by atoms with Crippen molar-refractivity contribution in [1.29, 1.82) is 0 Å². The van der Waals surface area contributed by atoms with Gasteiger partial charge in [0, 0.05) is 23.8 Å². The second-order valence-corrected chi connectivity index (χ2v) is 7.06. The van der Waals surface area contributed by atoms with Crippen LogP contribution in [0.1, 0.15) is 61.5 Å². The van der Waals surface area contributed by atoms with Gasteiger partial charge < -0.3 is 14.8 Å². The van der Waals surface area contributed by atoms with Crippen LogP contribution in [0.3, 0.4) is 0 Å². The monoisotopic (exact) mass is 383 g/mol. The van der Waals surface area contributed by atoms with Crippen LogP contribution in [0.25, 0.3) is 0 Å². The standard InChI is InChI=1S/C24H33NO3/c1-4-6-16-27-18-22-17-21(14-15-23(22)28-5-2)24(26)25-19(3)12-13-20-10-8-7-9-11-20/h7-11,14-15,17,19H,4-6,12-13,16,18H2,1-3H3,(H,25,26)/t19-/m1/s1. The summed E-state index contributed by atoms with van der Waals surface area (Å²) in [6.45, 7) is 7.90. The number of carbonyl (C=O) groups is 1. The lowest BCUT2D eigenvalue weighted by atomic mass is 10.1. The van der Waals surface area contributed by atoms with Crippen LogP contribution >= 0.6 is 0 Å². The topological polar surface area (TPSA) is 47.6 Å². The van der Waals surface area contributed by atoms with E-state index < -0.39 is 0 Å². The van der Waals surface area contributed by atoms with Crippen molar-refractivity contribution >= 4 is 5.91 Å². The Kier molecular flexibility index (Phi) is 9.56. The summed E-state index contributed by atoms with van der Waals surface area (Å²) in [6, 6.07) is 16.0.